The first-order valence-corrected chi connectivity index (χ1v) is 17.9. The second-order valence-corrected chi connectivity index (χ2v) is 14.7. The van der Waals surface area contributed by atoms with Crippen LogP contribution in [0.4, 0.5) is 0 Å². The molecule has 0 aromatic heterocycles. The van der Waals surface area contributed by atoms with E-state index in [0.717, 1.165) is 11.5 Å². The lowest BCUT2D eigenvalue weighted by atomic mass is 10.3. The van der Waals surface area contributed by atoms with E-state index in [4.69, 9.17) is 42.0 Å². The third-order valence-electron chi connectivity index (χ3n) is 5.02. The van der Waals surface area contributed by atoms with E-state index >= 15 is 0 Å². The molecule has 0 atom stereocenters. The lowest BCUT2D eigenvalue weighted by Gasteiger charge is -2.17. The Morgan fingerprint density at radius 1 is 0.395 bits per heavy atom. The maximum Gasteiger partial charge on any atom is 0.357 e. The molecule has 0 aliphatic carbocycles. The molecule has 0 spiro atoms. The van der Waals surface area contributed by atoms with Gasteiger partial charge in [0.05, 0.1) is 10.9 Å². The lowest BCUT2D eigenvalue weighted by molar-refractivity contribution is -2.00. The first kappa shape index (κ1) is 34.7. The van der Waals surface area contributed by atoms with Crippen LogP contribution in [0.2, 0.25) is 0 Å². The summed E-state index contributed by atoms with van der Waals surface area (Å²) in [5.74, 6) is 1.72. The molecule has 224 valence electrons. The van der Waals surface area contributed by atoms with Crippen molar-refractivity contribution >= 4 is 10.9 Å². The maximum atomic E-state index is 8.49. The van der Waals surface area contributed by atoms with Crippen LogP contribution >= 0.6 is 0 Å². The minimum absolute atomic E-state index is 0.144. The van der Waals surface area contributed by atoms with Gasteiger partial charge in [0.2, 0.25) is 0 Å². The smallest absolute Gasteiger partial charge is 0.357 e. The summed E-state index contributed by atoms with van der Waals surface area (Å²) < 4.78 is 76.9. The molecule has 0 bridgehead atoms. The Balaban J connectivity index is 0.000000440. The standard InChI is InChI=1S/C30H23IOS.2ClHO4/c1-4-10-24(11-5-1)31-25-16-18-26(19-17-25)32-27-20-22-30(23-21-27)33(28-12-6-2-7-13-28)29-14-8-3-9-15-29;2*2-1(3,4)5/h1-23H;2*(H,2,3,4,5)/q+2;;/p-2. The molecule has 5 rings (SSSR count). The molecule has 0 aliphatic rings. The molecule has 0 amide bonds. The summed E-state index contributed by atoms with van der Waals surface area (Å²) in [5.41, 5.74) is 0. The van der Waals surface area contributed by atoms with E-state index in [1.165, 1.54) is 21.8 Å². The number of rotatable bonds is 7. The molecule has 0 saturated carbocycles. The highest BCUT2D eigenvalue weighted by Crippen LogP contribution is 2.32. The fourth-order valence-electron chi connectivity index (χ4n) is 3.47. The molecule has 0 radical (unpaired) electrons. The summed E-state index contributed by atoms with van der Waals surface area (Å²) in [6.07, 6.45) is 0. The van der Waals surface area contributed by atoms with Gasteiger partial charge in [-0.05, 0) is 84.9 Å². The van der Waals surface area contributed by atoms with Gasteiger partial charge in [0, 0.05) is 0 Å². The molecule has 5 aromatic rings. The van der Waals surface area contributed by atoms with Gasteiger partial charge in [-0.2, -0.15) is 0 Å². The Bertz CT molecular complexity index is 1420. The zero-order valence-corrected chi connectivity index (χ0v) is 26.5. The van der Waals surface area contributed by atoms with Gasteiger partial charge in [-0.15, -0.1) is 20.5 Å². The minimum atomic E-state index is -4.94. The molecule has 0 N–H and O–H groups in total. The zero-order valence-electron chi connectivity index (χ0n) is 22.0. The van der Waals surface area contributed by atoms with Crippen LogP contribution in [-0.2, 0) is 10.9 Å². The van der Waals surface area contributed by atoms with Crippen molar-refractivity contribution in [2.75, 3.05) is 0 Å². The average molecular weight is 757 g/mol. The molecule has 0 fully saturated rings. The van der Waals surface area contributed by atoms with Crippen LogP contribution in [0.15, 0.2) is 154 Å². The summed E-state index contributed by atoms with van der Waals surface area (Å²) in [6.45, 7) is 0. The maximum absolute atomic E-state index is 8.49. The monoisotopic (exact) mass is 756 g/mol. The molecular formula is C30H23Cl2IO9S. The van der Waals surface area contributed by atoms with E-state index in [9.17, 15) is 0 Å². The highest BCUT2D eigenvalue weighted by molar-refractivity contribution is 7.97. The second kappa shape index (κ2) is 16.9. The quantitative estimate of drug-likeness (QED) is 0.116. The van der Waals surface area contributed by atoms with Gasteiger partial charge in [-0.25, -0.2) is 37.3 Å². The van der Waals surface area contributed by atoms with Crippen molar-refractivity contribution in [2.45, 2.75) is 14.7 Å². The Kier molecular flexibility index (Phi) is 13.7. The number of hydrogen-bond acceptors (Lipinski definition) is 9. The molecule has 0 saturated heterocycles. The van der Waals surface area contributed by atoms with Gasteiger partial charge < -0.3 is 4.74 Å². The molecule has 0 heterocycles. The number of benzene rings is 5. The lowest BCUT2D eigenvalue weighted by Crippen LogP contribution is -3.61. The van der Waals surface area contributed by atoms with Crippen LogP contribution in [0.25, 0.3) is 0 Å². The van der Waals surface area contributed by atoms with Crippen molar-refractivity contribution in [1.29, 1.82) is 0 Å². The summed E-state index contributed by atoms with van der Waals surface area (Å²) >= 11 is -0.156. The van der Waals surface area contributed by atoms with Crippen molar-refractivity contribution in [3.05, 3.63) is 147 Å². The fourth-order valence-corrected chi connectivity index (χ4v) is 7.77. The molecule has 0 aliphatic heterocycles. The third-order valence-corrected chi connectivity index (χ3v) is 9.93. The molecule has 43 heavy (non-hydrogen) atoms. The summed E-state index contributed by atoms with van der Waals surface area (Å²) in [7, 11) is -10.0. The summed E-state index contributed by atoms with van der Waals surface area (Å²) in [4.78, 5) is 3.91. The van der Waals surface area contributed by atoms with Gasteiger partial charge >= 0.3 is 21.2 Å². The largest absolute Gasteiger partial charge is 0.457 e. The average Bonchev–Trinajstić information content (AvgIpc) is 2.95. The van der Waals surface area contributed by atoms with Crippen LogP contribution in [0.3, 0.4) is 0 Å². The molecule has 5 aromatic carbocycles. The highest BCUT2D eigenvalue weighted by Gasteiger charge is 2.28. The highest BCUT2D eigenvalue weighted by atomic mass is 127. The van der Waals surface area contributed by atoms with Gasteiger partial charge in [0.25, 0.3) is 0 Å². The summed E-state index contributed by atoms with van der Waals surface area (Å²) in [5, 5.41) is 0. The molecular weight excluding hydrogens is 734 g/mol. The number of ether oxygens (including phenoxy) is 1. The normalized spacial score (nSPS) is 11.1. The van der Waals surface area contributed by atoms with E-state index in [2.05, 4.69) is 140 Å². The fraction of sp³-hybridized carbons (Fsp3) is 0. The predicted molar refractivity (Wildman–Crippen MR) is 132 cm³/mol. The Morgan fingerprint density at radius 3 is 1.09 bits per heavy atom. The van der Waals surface area contributed by atoms with E-state index in [1.807, 2.05) is 0 Å². The third kappa shape index (κ3) is 14.5. The van der Waals surface area contributed by atoms with E-state index in [1.54, 1.807) is 0 Å². The van der Waals surface area contributed by atoms with E-state index in [-0.39, 0.29) is 32.1 Å². The minimum Gasteiger partial charge on any atom is -0.457 e. The summed E-state index contributed by atoms with van der Waals surface area (Å²) in [6, 6.07) is 49.2. The second-order valence-electron chi connectivity index (χ2n) is 8.11. The Hall–Kier alpha value is -2.76. The first-order valence-electron chi connectivity index (χ1n) is 12.0. The van der Waals surface area contributed by atoms with Crippen molar-refractivity contribution in [1.82, 2.24) is 0 Å². The topological polar surface area (TPSA) is 194 Å². The van der Waals surface area contributed by atoms with Crippen molar-refractivity contribution < 1.29 is 83.7 Å². The van der Waals surface area contributed by atoms with Gasteiger partial charge in [-0.3, -0.25) is 0 Å². The van der Waals surface area contributed by atoms with E-state index in [0.29, 0.717) is 0 Å². The predicted octanol–water partition coefficient (Wildman–Crippen LogP) is -4.81. The van der Waals surface area contributed by atoms with Crippen LogP contribution in [0, 0.1) is 27.6 Å². The molecule has 9 nitrogen and oxygen atoms in total. The van der Waals surface area contributed by atoms with Crippen LogP contribution in [-0.4, -0.2) is 0 Å². The first-order chi connectivity index (χ1) is 20.3. The Morgan fingerprint density at radius 2 is 0.698 bits per heavy atom. The van der Waals surface area contributed by atoms with Gasteiger partial charge in [-0.1, -0.05) is 54.6 Å². The van der Waals surface area contributed by atoms with Gasteiger partial charge in [0.15, 0.2) is 21.8 Å². The van der Waals surface area contributed by atoms with Crippen LogP contribution in [0.1, 0.15) is 0 Å². The SMILES string of the molecule is [O-][Cl+3]([O-])([O-])[O-].[O-][Cl+3]([O-])([O-])[O-].c1ccc([I+]c2ccc(Oc3ccc([S+](c4ccccc4)c4ccccc4)cc3)cc2)cc1. The number of halogens is 3. The van der Waals surface area contributed by atoms with Crippen molar-refractivity contribution in [2.24, 2.45) is 0 Å². The molecule has 0 unspecified atom stereocenters. The van der Waals surface area contributed by atoms with Crippen molar-refractivity contribution in [3.63, 3.8) is 0 Å². The zero-order chi connectivity index (χ0) is 31.3. The van der Waals surface area contributed by atoms with Crippen LogP contribution < -0.4 is 63.2 Å². The molecule has 13 heteroatoms. The Labute approximate surface area is 266 Å². The van der Waals surface area contributed by atoms with Crippen LogP contribution in [0.5, 0.6) is 11.5 Å². The van der Waals surface area contributed by atoms with Crippen molar-refractivity contribution in [3.8, 4) is 11.5 Å². The number of hydrogen-bond donors (Lipinski definition) is 0. The van der Waals surface area contributed by atoms with E-state index < -0.39 is 20.5 Å². The van der Waals surface area contributed by atoms with Gasteiger partial charge in [0.1, 0.15) is 11.5 Å².